The number of nitrogens with zero attached hydrogens (tertiary/aromatic N) is 2. The van der Waals surface area contributed by atoms with E-state index in [0.717, 1.165) is 28.9 Å². The van der Waals surface area contributed by atoms with Crippen LogP contribution in [0.5, 0.6) is 0 Å². The standard InChI is InChI=1S/C13H11F3N4O2/c1-20-6-9(10(17)21)11(19-20)18-12(22)13(15,16)7-2-4-8(14)5-3-7/h2-6H,1H3,(H2,17,21)(H,18,19,22). The van der Waals surface area contributed by atoms with Gasteiger partial charge in [0, 0.05) is 18.8 Å². The van der Waals surface area contributed by atoms with Crippen LogP contribution in [0, 0.1) is 5.82 Å². The number of benzene rings is 1. The van der Waals surface area contributed by atoms with Gasteiger partial charge in [-0.1, -0.05) is 0 Å². The fraction of sp³-hybridized carbons (Fsp3) is 0.154. The molecule has 0 saturated heterocycles. The van der Waals surface area contributed by atoms with Crippen molar-refractivity contribution in [2.75, 3.05) is 5.32 Å². The van der Waals surface area contributed by atoms with Crippen molar-refractivity contribution in [3.8, 4) is 0 Å². The molecule has 0 bridgehead atoms. The monoisotopic (exact) mass is 312 g/mol. The zero-order valence-corrected chi connectivity index (χ0v) is 11.3. The summed E-state index contributed by atoms with van der Waals surface area (Å²) in [6, 6.07) is 3.21. The molecule has 116 valence electrons. The highest BCUT2D eigenvalue weighted by molar-refractivity contribution is 6.03. The second kappa shape index (κ2) is 5.51. The highest BCUT2D eigenvalue weighted by Crippen LogP contribution is 2.30. The molecule has 1 aromatic heterocycles. The molecule has 0 aliphatic rings. The third-order valence-electron chi connectivity index (χ3n) is 2.82. The molecule has 0 radical (unpaired) electrons. The van der Waals surface area contributed by atoms with Gasteiger partial charge >= 0.3 is 11.8 Å². The Morgan fingerprint density at radius 1 is 1.27 bits per heavy atom. The number of amides is 2. The number of primary amides is 1. The van der Waals surface area contributed by atoms with Crippen molar-refractivity contribution in [1.82, 2.24) is 9.78 Å². The summed E-state index contributed by atoms with van der Waals surface area (Å²) in [6.07, 6.45) is 1.19. The van der Waals surface area contributed by atoms with E-state index in [1.165, 1.54) is 13.2 Å². The summed E-state index contributed by atoms with van der Waals surface area (Å²) in [4.78, 5) is 22.9. The Morgan fingerprint density at radius 2 is 1.86 bits per heavy atom. The number of anilines is 1. The number of hydrogen-bond donors (Lipinski definition) is 2. The van der Waals surface area contributed by atoms with Crippen LogP contribution in [-0.2, 0) is 17.8 Å². The van der Waals surface area contributed by atoms with E-state index in [4.69, 9.17) is 5.73 Å². The van der Waals surface area contributed by atoms with E-state index in [1.54, 1.807) is 0 Å². The van der Waals surface area contributed by atoms with Crippen molar-refractivity contribution < 1.29 is 22.8 Å². The van der Waals surface area contributed by atoms with Crippen LogP contribution in [0.3, 0.4) is 0 Å². The van der Waals surface area contributed by atoms with Crippen LogP contribution >= 0.6 is 0 Å². The van der Waals surface area contributed by atoms with Gasteiger partial charge < -0.3 is 11.1 Å². The minimum absolute atomic E-state index is 0.203. The van der Waals surface area contributed by atoms with Gasteiger partial charge in [0.1, 0.15) is 11.4 Å². The Hall–Kier alpha value is -2.84. The van der Waals surface area contributed by atoms with Crippen molar-refractivity contribution in [3.05, 3.63) is 47.4 Å². The lowest BCUT2D eigenvalue weighted by atomic mass is 10.1. The highest BCUT2D eigenvalue weighted by Gasteiger charge is 2.41. The molecule has 2 rings (SSSR count). The van der Waals surface area contributed by atoms with E-state index < -0.39 is 29.1 Å². The van der Waals surface area contributed by atoms with E-state index >= 15 is 0 Å². The molecule has 0 aliphatic heterocycles. The van der Waals surface area contributed by atoms with E-state index in [0.29, 0.717) is 0 Å². The molecule has 2 aromatic rings. The second-order valence-electron chi connectivity index (χ2n) is 4.46. The van der Waals surface area contributed by atoms with Gasteiger partial charge in [-0.25, -0.2) is 4.39 Å². The van der Waals surface area contributed by atoms with Crippen LogP contribution < -0.4 is 11.1 Å². The average Bonchev–Trinajstić information content (AvgIpc) is 2.80. The van der Waals surface area contributed by atoms with Gasteiger partial charge in [0.15, 0.2) is 5.82 Å². The summed E-state index contributed by atoms with van der Waals surface area (Å²) in [6.45, 7) is 0. The third-order valence-corrected chi connectivity index (χ3v) is 2.82. The lowest BCUT2D eigenvalue weighted by Crippen LogP contribution is -2.33. The average molecular weight is 312 g/mol. The zero-order valence-electron chi connectivity index (χ0n) is 11.3. The quantitative estimate of drug-likeness (QED) is 0.894. The van der Waals surface area contributed by atoms with E-state index in [1.807, 2.05) is 5.32 Å². The fourth-order valence-electron chi connectivity index (χ4n) is 1.74. The largest absolute Gasteiger partial charge is 0.365 e. The summed E-state index contributed by atoms with van der Waals surface area (Å²) < 4.78 is 41.9. The Kier molecular flexibility index (Phi) is 3.89. The molecule has 0 spiro atoms. The van der Waals surface area contributed by atoms with Gasteiger partial charge in [-0.3, -0.25) is 14.3 Å². The molecule has 2 amide bonds. The highest BCUT2D eigenvalue weighted by atomic mass is 19.3. The topological polar surface area (TPSA) is 90.0 Å². The minimum Gasteiger partial charge on any atom is -0.365 e. The summed E-state index contributed by atoms with van der Waals surface area (Å²) in [5, 5.41) is 5.53. The predicted octanol–water partition coefficient (Wildman–Crippen LogP) is 1.39. The van der Waals surface area contributed by atoms with Crippen LogP contribution in [0.1, 0.15) is 15.9 Å². The number of nitrogens with two attached hydrogens (primary N) is 1. The summed E-state index contributed by atoms with van der Waals surface area (Å²) in [7, 11) is 1.43. The van der Waals surface area contributed by atoms with Gasteiger partial charge in [0.2, 0.25) is 0 Å². The maximum absolute atomic E-state index is 14.0. The number of nitrogens with one attached hydrogen (secondary N) is 1. The fourth-order valence-corrected chi connectivity index (χ4v) is 1.74. The van der Waals surface area contributed by atoms with E-state index in [2.05, 4.69) is 5.10 Å². The first-order chi connectivity index (χ1) is 10.2. The van der Waals surface area contributed by atoms with Crippen molar-refractivity contribution in [1.29, 1.82) is 0 Å². The maximum atomic E-state index is 14.0. The van der Waals surface area contributed by atoms with Crippen LogP contribution in [0.4, 0.5) is 19.0 Å². The summed E-state index contributed by atoms with van der Waals surface area (Å²) in [5.41, 5.74) is 4.17. The number of carbonyl (C=O) groups excluding carboxylic acids is 2. The van der Waals surface area contributed by atoms with Crippen LogP contribution in [-0.4, -0.2) is 21.6 Å². The molecule has 1 aromatic carbocycles. The Morgan fingerprint density at radius 3 is 2.41 bits per heavy atom. The molecule has 0 unspecified atom stereocenters. The molecule has 0 fully saturated rings. The molecule has 6 nitrogen and oxygen atoms in total. The first kappa shape index (κ1) is 15.5. The SMILES string of the molecule is Cn1cc(C(N)=O)c(NC(=O)C(F)(F)c2ccc(F)cc2)n1. The lowest BCUT2D eigenvalue weighted by molar-refractivity contribution is -0.141. The summed E-state index contributed by atoms with van der Waals surface area (Å²) in [5.74, 6) is -7.64. The number of aromatic nitrogens is 2. The number of hydrogen-bond acceptors (Lipinski definition) is 3. The second-order valence-corrected chi connectivity index (χ2v) is 4.46. The van der Waals surface area contributed by atoms with E-state index in [-0.39, 0.29) is 11.4 Å². The molecular formula is C13H11F3N4O2. The maximum Gasteiger partial charge on any atom is 0.350 e. The normalized spacial score (nSPS) is 11.3. The summed E-state index contributed by atoms with van der Waals surface area (Å²) >= 11 is 0. The lowest BCUT2D eigenvalue weighted by Gasteiger charge is -2.15. The number of alkyl halides is 2. The molecule has 3 N–H and O–H groups in total. The van der Waals surface area contributed by atoms with Gasteiger partial charge in [-0.15, -0.1) is 0 Å². The first-order valence-corrected chi connectivity index (χ1v) is 6.00. The predicted molar refractivity (Wildman–Crippen MR) is 70.6 cm³/mol. The van der Waals surface area contributed by atoms with Crippen molar-refractivity contribution in [3.63, 3.8) is 0 Å². The Labute approximate surface area is 122 Å². The van der Waals surface area contributed by atoms with Gasteiger partial charge in [-0.05, 0) is 24.3 Å². The Balaban J connectivity index is 2.28. The smallest absolute Gasteiger partial charge is 0.350 e. The molecule has 0 atom stereocenters. The number of aryl methyl sites for hydroxylation is 1. The third kappa shape index (κ3) is 2.92. The van der Waals surface area contributed by atoms with Crippen molar-refractivity contribution >= 4 is 17.6 Å². The van der Waals surface area contributed by atoms with Crippen molar-refractivity contribution in [2.45, 2.75) is 5.92 Å². The molecule has 0 saturated carbocycles. The zero-order chi connectivity index (χ0) is 16.5. The first-order valence-electron chi connectivity index (χ1n) is 6.00. The molecule has 1 heterocycles. The minimum atomic E-state index is -3.93. The number of carbonyl (C=O) groups is 2. The van der Waals surface area contributed by atoms with Crippen LogP contribution in [0.25, 0.3) is 0 Å². The van der Waals surface area contributed by atoms with Gasteiger partial charge in [-0.2, -0.15) is 13.9 Å². The van der Waals surface area contributed by atoms with E-state index in [9.17, 15) is 22.8 Å². The number of rotatable bonds is 4. The molecule has 9 heteroatoms. The molecular weight excluding hydrogens is 301 g/mol. The Bertz CT molecular complexity index is 725. The molecule has 22 heavy (non-hydrogen) atoms. The van der Waals surface area contributed by atoms with Crippen LogP contribution in [0.15, 0.2) is 30.5 Å². The molecule has 0 aliphatic carbocycles. The van der Waals surface area contributed by atoms with Gasteiger partial charge in [0.05, 0.1) is 0 Å². The van der Waals surface area contributed by atoms with Gasteiger partial charge in [0.25, 0.3) is 5.91 Å². The van der Waals surface area contributed by atoms with Crippen LogP contribution in [0.2, 0.25) is 0 Å². The van der Waals surface area contributed by atoms with Crippen molar-refractivity contribution in [2.24, 2.45) is 12.8 Å². The number of halogens is 3.